The molecule has 170 valence electrons. The van der Waals surface area contributed by atoms with Crippen LogP contribution in [0.5, 0.6) is 11.5 Å². The van der Waals surface area contributed by atoms with Crippen LogP contribution in [-0.2, 0) is 23.0 Å². The Morgan fingerprint density at radius 1 is 1.00 bits per heavy atom. The molecule has 33 heavy (non-hydrogen) atoms. The number of ether oxygens (including phenoxy) is 2. The molecule has 3 aromatic carbocycles. The van der Waals surface area contributed by atoms with E-state index in [0.29, 0.717) is 48.8 Å². The Morgan fingerprint density at radius 2 is 1.82 bits per heavy atom. The van der Waals surface area contributed by atoms with E-state index in [-0.39, 0.29) is 17.6 Å². The summed E-state index contributed by atoms with van der Waals surface area (Å²) in [4.78, 5) is 15.1. The van der Waals surface area contributed by atoms with Crippen molar-refractivity contribution in [2.24, 2.45) is 0 Å². The number of carbonyl (C=O) groups is 1. The molecule has 7 nitrogen and oxygen atoms in total. The molecule has 0 fully saturated rings. The predicted molar refractivity (Wildman–Crippen MR) is 124 cm³/mol. The van der Waals surface area contributed by atoms with Gasteiger partial charge in [-0.25, -0.2) is 8.42 Å². The minimum Gasteiger partial charge on any atom is -0.454 e. The Hall–Kier alpha value is -3.52. The van der Waals surface area contributed by atoms with Crippen molar-refractivity contribution >= 4 is 21.6 Å². The Kier molecular flexibility index (Phi) is 5.46. The number of anilines is 1. The maximum absolute atomic E-state index is 13.4. The molecule has 0 saturated heterocycles. The number of fused-ring (bicyclic) bond motifs is 2. The van der Waals surface area contributed by atoms with Gasteiger partial charge in [0.25, 0.3) is 15.9 Å². The van der Waals surface area contributed by atoms with E-state index in [1.807, 2.05) is 49.4 Å². The molecule has 0 bridgehead atoms. The number of para-hydroxylation sites is 1. The zero-order valence-electron chi connectivity index (χ0n) is 18.2. The standard InChI is InChI=1S/C25H24N2O5S/c1-2-26(16-18-10-11-23-24(14-18)32-17-31-23)25(28)20-7-5-8-21(15-20)33(29,30)27-13-12-19-6-3-4-9-22(19)27/h3-11,14-15H,2,12-13,16-17H2,1H3. The van der Waals surface area contributed by atoms with Crippen LogP contribution in [0.15, 0.2) is 71.6 Å². The molecule has 8 heteroatoms. The van der Waals surface area contributed by atoms with E-state index in [2.05, 4.69) is 0 Å². The molecule has 0 saturated carbocycles. The Bertz CT molecular complexity index is 1320. The first kappa shape index (κ1) is 21.3. The van der Waals surface area contributed by atoms with Crippen LogP contribution in [0.1, 0.15) is 28.4 Å². The lowest BCUT2D eigenvalue weighted by Gasteiger charge is -2.23. The van der Waals surface area contributed by atoms with Crippen LogP contribution in [-0.4, -0.2) is 39.1 Å². The highest BCUT2D eigenvalue weighted by molar-refractivity contribution is 7.92. The lowest BCUT2D eigenvalue weighted by Crippen LogP contribution is -2.31. The molecule has 2 heterocycles. The smallest absolute Gasteiger partial charge is 0.264 e. The van der Waals surface area contributed by atoms with Gasteiger partial charge in [0.05, 0.1) is 10.6 Å². The summed E-state index contributed by atoms with van der Waals surface area (Å²) in [5.41, 5.74) is 2.96. The Labute approximate surface area is 193 Å². The summed E-state index contributed by atoms with van der Waals surface area (Å²) < 4.78 is 39.0. The van der Waals surface area contributed by atoms with E-state index in [1.54, 1.807) is 23.1 Å². The van der Waals surface area contributed by atoms with Crippen molar-refractivity contribution in [2.75, 3.05) is 24.2 Å². The van der Waals surface area contributed by atoms with Gasteiger partial charge < -0.3 is 14.4 Å². The number of rotatable bonds is 6. The van der Waals surface area contributed by atoms with E-state index in [1.165, 1.54) is 10.4 Å². The van der Waals surface area contributed by atoms with Gasteiger partial charge in [0.2, 0.25) is 6.79 Å². The van der Waals surface area contributed by atoms with E-state index in [9.17, 15) is 13.2 Å². The third-order valence-electron chi connectivity index (χ3n) is 5.99. The second-order valence-electron chi connectivity index (χ2n) is 7.99. The fourth-order valence-electron chi connectivity index (χ4n) is 4.24. The number of sulfonamides is 1. The lowest BCUT2D eigenvalue weighted by atomic mass is 10.1. The SMILES string of the molecule is CCN(Cc1ccc2c(c1)OCO2)C(=O)c1cccc(S(=O)(=O)N2CCc3ccccc32)c1. The summed E-state index contributed by atoms with van der Waals surface area (Å²) >= 11 is 0. The van der Waals surface area contributed by atoms with Gasteiger partial charge in [-0.3, -0.25) is 9.10 Å². The van der Waals surface area contributed by atoms with Crippen molar-refractivity contribution in [3.8, 4) is 11.5 Å². The van der Waals surface area contributed by atoms with Crippen LogP contribution in [0.25, 0.3) is 0 Å². The van der Waals surface area contributed by atoms with Gasteiger partial charge in [0.15, 0.2) is 11.5 Å². The number of hydrogen-bond acceptors (Lipinski definition) is 5. The van der Waals surface area contributed by atoms with Crippen molar-refractivity contribution in [2.45, 2.75) is 24.8 Å². The molecule has 0 N–H and O–H groups in total. The largest absolute Gasteiger partial charge is 0.454 e. The number of amides is 1. The molecule has 1 amide bonds. The molecule has 2 aliphatic heterocycles. The highest BCUT2D eigenvalue weighted by atomic mass is 32.2. The van der Waals surface area contributed by atoms with Crippen LogP contribution in [0, 0.1) is 0 Å². The summed E-state index contributed by atoms with van der Waals surface area (Å²) in [5, 5.41) is 0. The maximum Gasteiger partial charge on any atom is 0.264 e. The number of benzene rings is 3. The van der Waals surface area contributed by atoms with Crippen LogP contribution >= 0.6 is 0 Å². The van der Waals surface area contributed by atoms with Crippen molar-refractivity contribution < 1.29 is 22.7 Å². The molecule has 2 aliphatic rings. The molecule has 0 aromatic heterocycles. The summed E-state index contributed by atoms with van der Waals surface area (Å²) in [7, 11) is -3.77. The van der Waals surface area contributed by atoms with E-state index >= 15 is 0 Å². The molecule has 5 rings (SSSR count). The quantitative estimate of drug-likeness (QED) is 0.554. The average molecular weight is 465 g/mol. The Balaban J connectivity index is 1.39. The van der Waals surface area contributed by atoms with E-state index in [4.69, 9.17) is 9.47 Å². The molecular weight excluding hydrogens is 440 g/mol. The summed E-state index contributed by atoms with van der Waals surface area (Å²) in [6.45, 7) is 3.34. The van der Waals surface area contributed by atoms with Gasteiger partial charge in [-0.05, 0) is 60.9 Å². The first-order chi connectivity index (χ1) is 16.0. The molecule has 3 aromatic rings. The molecule has 0 spiro atoms. The number of carbonyl (C=O) groups excluding carboxylic acids is 1. The van der Waals surface area contributed by atoms with Crippen molar-refractivity contribution in [1.29, 1.82) is 0 Å². The predicted octanol–water partition coefficient (Wildman–Crippen LogP) is 3.83. The van der Waals surface area contributed by atoms with Gasteiger partial charge in [0, 0.05) is 25.2 Å². The Morgan fingerprint density at radius 3 is 2.67 bits per heavy atom. The third-order valence-corrected chi connectivity index (χ3v) is 7.80. The molecular formula is C25H24N2O5S. The third kappa shape index (κ3) is 3.91. The second-order valence-corrected chi connectivity index (χ2v) is 9.85. The summed E-state index contributed by atoms with van der Waals surface area (Å²) in [6.07, 6.45) is 0.674. The van der Waals surface area contributed by atoms with Crippen LogP contribution in [0.3, 0.4) is 0 Å². The highest BCUT2D eigenvalue weighted by Gasteiger charge is 2.31. The monoisotopic (exact) mass is 464 g/mol. The van der Waals surface area contributed by atoms with Crippen molar-refractivity contribution in [1.82, 2.24) is 4.90 Å². The summed E-state index contributed by atoms with van der Waals surface area (Å²) in [5.74, 6) is 1.12. The first-order valence-electron chi connectivity index (χ1n) is 10.9. The molecule has 0 atom stereocenters. The minimum atomic E-state index is -3.77. The minimum absolute atomic E-state index is 0.115. The highest BCUT2D eigenvalue weighted by Crippen LogP contribution is 2.34. The fraction of sp³-hybridized carbons (Fsp3) is 0.240. The number of hydrogen-bond donors (Lipinski definition) is 0. The normalized spacial score (nSPS) is 14.3. The summed E-state index contributed by atoms with van der Waals surface area (Å²) in [6, 6.07) is 19.4. The van der Waals surface area contributed by atoms with Gasteiger partial charge in [0.1, 0.15) is 0 Å². The zero-order chi connectivity index (χ0) is 23.0. The van der Waals surface area contributed by atoms with Gasteiger partial charge in [-0.15, -0.1) is 0 Å². The van der Waals surface area contributed by atoms with Gasteiger partial charge in [-0.2, -0.15) is 0 Å². The van der Waals surface area contributed by atoms with Gasteiger partial charge in [-0.1, -0.05) is 30.3 Å². The van der Waals surface area contributed by atoms with Crippen LogP contribution in [0.4, 0.5) is 5.69 Å². The van der Waals surface area contributed by atoms with Gasteiger partial charge >= 0.3 is 0 Å². The zero-order valence-corrected chi connectivity index (χ0v) is 19.0. The van der Waals surface area contributed by atoms with Crippen molar-refractivity contribution in [3.05, 3.63) is 83.4 Å². The molecule has 0 aliphatic carbocycles. The van der Waals surface area contributed by atoms with Crippen molar-refractivity contribution in [3.63, 3.8) is 0 Å². The average Bonchev–Trinajstić information content (AvgIpc) is 3.49. The molecule has 0 radical (unpaired) electrons. The van der Waals surface area contributed by atoms with E-state index in [0.717, 1.165) is 11.1 Å². The first-order valence-corrected chi connectivity index (χ1v) is 12.3. The maximum atomic E-state index is 13.4. The number of nitrogens with zero attached hydrogens (tertiary/aromatic N) is 2. The molecule has 0 unspecified atom stereocenters. The lowest BCUT2D eigenvalue weighted by molar-refractivity contribution is 0.0752. The van der Waals surface area contributed by atoms with E-state index < -0.39 is 10.0 Å². The fourth-order valence-corrected chi connectivity index (χ4v) is 5.79. The topological polar surface area (TPSA) is 76.1 Å². The van der Waals surface area contributed by atoms with Crippen LogP contribution in [0.2, 0.25) is 0 Å². The second kappa shape index (κ2) is 8.44. The van der Waals surface area contributed by atoms with Crippen LogP contribution < -0.4 is 13.8 Å².